The van der Waals surface area contributed by atoms with Gasteiger partial charge in [0.15, 0.2) is 5.11 Å². The first-order chi connectivity index (χ1) is 12.7. The molecule has 1 aromatic carbocycles. The lowest BCUT2D eigenvalue weighted by atomic mass is 10.0. The number of anilines is 1. The highest BCUT2D eigenvalue weighted by Crippen LogP contribution is 2.44. The molecular weight excluding hydrogens is 386 g/mol. The van der Waals surface area contributed by atoms with E-state index in [0.29, 0.717) is 15.9 Å². The fourth-order valence-corrected chi connectivity index (χ4v) is 4.64. The Morgan fingerprint density at radius 1 is 1.23 bits per heavy atom. The summed E-state index contributed by atoms with van der Waals surface area (Å²) < 4.78 is 5.27. The second kappa shape index (κ2) is 7.23. The van der Waals surface area contributed by atoms with Crippen molar-refractivity contribution in [1.29, 1.82) is 0 Å². The number of pyridine rings is 1. The lowest BCUT2D eigenvalue weighted by Crippen LogP contribution is -2.29. The molecule has 1 saturated heterocycles. The maximum atomic E-state index is 6.36. The smallest absolute Gasteiger partial charge is 0.174 e. The predicted octanol–water partition coefficient (Wildman–Crippen LogP) is 4.98. The van der Waals surface area contributed by atoms with Crippen LogP contribution in [0.1, 0.15) is 22.7 Å². The molecule has 0 unspecified atom stereocenters. The zero-order valence-electron chi connectivity index (χ0n) is 13.9. The van der Waals surface area contributed by atoms with Crippen molar-refractivity contribution in [3.05, 3.63) is 75.7 Å². The van der Waals surface area contributed by atoms with Crippen LogP contribution in [0.25, 0.3) is 0 Å². The highest BCUT2D eigenvalue weighted by atomic mass is 35.5. The average molecular weight is 402 g/mol. The van der Waals surface area contributed by atoms with Crippen LogP contribution in [-0.2, 0) is 0 Å². The second-order valence-corrected chi connectivity index (χ2v) is 7.60. The van der Waals surface area contributed by atoms with Crippen LogP contribution in [0.3, 0.4) is 0 Å². The van der Waals surface area contributed by atoms with Gasteiger partial charge in [-0.05, 0) is 54.0 Å². The molecule has 3 heterocycles. The average Bonchev–Trinajstić information content (AvgIpc) is 3.30. The van der Waals surface area contributed by atoms with Gasteiger partial charge in [0.1, 0.15) is 5.75 Å². The molecule has 2 atom stereocenters. The van der Waals surface area contributed by atoms with Gasteiger partial charge in [0.25, 0.3) is 0 Å². The third kappa shape index (κ3) is 3.05. The molecule has 4 rings (SSSR count). The topological polar surface area (TPSA) is 37.4 Å². The van der Waals surface area contributed by atoms with E-state index in [0.717, 1.165) is 11.4 Å². The standard InChI is InChI=1S/C19H16ClN3OS2/c1-24-15-8-7-12(11-13(15)20)23-18(16-6-4-10-26-16)17(22-19(23)25)14-5-2-3-9-21-14/h2-11,17-18H,1H3,(H,22,25)/t17-,18-/m0/s1. The van der Waals surface area contributed by atoms with Crippen molar-refractivity contribution in [3.63, 3.8) is 0 Å². The summed E-state index contributed by atoms with van der Waals surface area (Å²) >= 11 is 13.7. The molecule has 0 bridgehead atoms. The number of thiophene rings is 1. The lowest BCUT2D eigenvalue weighted by Gasteiger charge is -2.27. The molecule has 1 N–H and O–H groups in total. The van der Waals surface area contributed by atoms with Gasteiger partial charge in [-0.2, -0.15) is 0 Å². The molecule has 4 nitrogen and oxygen atoms in total. The van der Waals surface area contributed by atoms with Crippen molar-refractivity contribution in [2.75, 3.05) is 12.0 Å². The minimum absolute atomic E-state index is 0.00172. The number of nitrogens with one attached hydrogen (secondary N) is 1. The third-order valence-corrected chi connectivity index (χ3v) is 5.90. The summed E-state index contributed by atoms with van der Waals surface area (Å²) in [6, 6.07) is 15.8. The molecule has 132 valence electrons. The second-order valence-electron chi connectivity index (χ2n) is 5.83. The number of hydrogen-bond acceptors (Lipinski definition) is 4. The largest absolute Gasteiger partial charge is 0.495 e. The maximum Gasteiger partial charge on any atom is 0.174 e. The Morgan fingerprint density at radius 3 is 2.77 bits per heavy atom. The van der Waals surface area contributed by atoms with Gasteiger partial charge in [0.05, 0.1) is 29.9 Å². The highest BCUT2D eigenvalue weighted by Gasteiger charge is 2.41. The Labute approximate surface area is 166 Å². The molecule has 0 amide bonds. The monoisotopic (exact) mass is 401 g/mol. The molecule has 0 saturated carbocycles. The Bertz CT molecular complexity index is 918. The number of thiocarbonyl (C=S) groups is 1. The number of aromatic nitrogens is 1. The first-order valence-corrected chi connectivity index (χ1v) is 9.73. The van der Waals surface area contributed by atoms with Gasteiger partial charge in [-0.1, -0.05) is 23.7 Å². The van der Waals surface area contributed by atoms with Crippen molar-refractivity contribution in [3.8, 4) is 5.75 Å². The summed E-state index contributed by atoms with van der Waals surface area (Å²) in [7, 11) is 1.61. The van der Waals surface area contributed by atoms with Crippen LogP contribution in [0.5, 0.6) is 5.75 Å². The van der Waals surface area contributed by atoms with E-state index in [9.17, 15) is 0 Å². The third-order valence-electron chi connectivity index (χ3n) is 4.35. The summed E-state index contributed by atoms with van der Waals surface area (Å²) in [5.41, 5.74) is 1.88. The minimum atomic E-state index is -0.0387. The molecule has 2 aromatic heterocycles. The summed E-state index contributed by atoms with van der Waals surface area (Å²) in [4.78, 5) is 7.85. The van der Waals surface area contributed by atoms with Crippen molar-refractivity contribution in [2.45, 2.75) is 12.1 Å². The first-order valence-electron chi connectivity index (χ1n) is 8.06. The number of halogens is 1. The van der Waals surface area contributed by atoms with E-state index in [2.05, 4.69) is 32.7 Å². The minimum Gasteiger partial charge on any atom is -0.495 e. The quantitative estimate of drug-likeness (QED) is 0.624. The van der Waals surface area contributed by atoms with Gasteiger partial charge >= 0.3 is 0 Å². The Hall–Kier alpha value is -2.15. The van der Waals surface area contributed by atoms with Crippen LogP contribution in [-0.4, -0.2) is 17.2 Å². The van der Waals surface area contributed by atoms with E-state index in [1.807, 2.05) is 36.4 Å². The van der Waals surface area contributed by atoms with Gasteiger partial charge < -0.3 is 15.0 Å². The van der Waals surface area contributed by atoms with E-state index in [1.165, 1.54) is 4.88 Å². The SMILES string of the molecule is COc1ccc(N2C(=S)N[C@@H](c3ccccn3)[C@@H]2c2cccs2)cc1Cl. The summed E-state index contributed by atoms with van der Waals surface area (Å²) in [6.45, 7) is 0. The van der Waals surface area contributed by atoms with E-state index in [1.54, 1.807) is 24.6 Å². The van der Waals surface area contributed by atoms with Crippen LogP contribution in [0, 0.1) is 0 Å². The van der Waals surface area contributed by atoms with Gasteiger partial charge in [0.2, 0.25) is 0 Å². The van der Waals surface area contributed by atoms with Crippen LogP contribution < -0.4 is 15.0 Å². The van der Waals surface area contributed by atoms with Gasteiger partial charge in [-0.25, -0.2) is 0 Å². The highest BCUT2D eigenvalue weighted by molar-refractivity contribution is 7.80. The van der Waals surface area contributed by atoms with Crippen LogP contribution in [0.15, 0.2) is 60.1 Å². The number of ether oxygens (including phenoxy) is 1. The van der Waals surface area contributed by atoms with Gasteiger partial charge in [-0.15, -0.1) is 11.3 Å². The van der Waals surface area contributed by atoms with Crippen molar-refractivity contribution < 1.29 is 4.74 Å². The molecule has 7 heteroatoms. The summed E-state index contributed by atoms with van der Waals surface area (Å²) in [5, 5.41) is 6.71. The molecule has 1 fully saturated rings. The van der Waals surface area contributed by atoms with Crippen LogP contribution >= 0.6 is 35.2 Å². The molecule has 0 radical (unpaired) electrons. The summed E-state index contributed by atoms with van der Waals surface area (Å²) in [6.07, 6.45) is 1.80. The van der Waals surface area contributed by atoms with Crippen LogP contribution in [0.4, 0.5) is 5.69 Å². The number of methoxy groups -OCH3 is 1. The number of rotatable bonds is 4. The molecule has 3 aromatic rings. The first kappa shape index (κ1) is 17.3. The van der Waals surface area contributed by atoms with Crippen LogP contribution in [0.2, 0.25) is 5.02 Å². The predicted molar refractivity (Wildman–Crippen MR) is 110 cm³/mol. The van der Waals surface area contributed by atoms with E-state index >= 15 is 0 Å². The number of nitrogens with zero attached hydrogens (tertiary/aromatic N) is 2. The molecule has 0 spiro atoms. The van der Waals surface area contributed by atoms with E-state index in [4.69, 9.17) is 28.6 Å². The van der Waals surface area contributed by atoms with Gasteiger partial charge in [0, 0.05) is 16.8 Å². The van der Waals surface area contributed by atoms with Gasteiger partial charge in [-0.3, -0.25) is 4.98 Å². The Balaban J connectivity index is 1.80. The zero-order chi connectivity index (χ0) is 18.1. The summed E-state index contributed by atoms with van der Waals surface area (Å²) in [5.74, 6) is 0.641. The maximum absolute atomic E-state index is 6.36. The molecule has 0 aliphatic carbocycles. The Kier molecular flexibility index (Phi) is 4.80. The zero-order valence-corrected chi connectivity index (χ0v) is 16.3. The molecule has 26 heavy (non-hydrogen) atoms. The van der Waals surface area contributed by atoms with Crippen molar-refractivity contribution in [2.24, 2.45) is 0 Å². The van der Waals surface area contributed by atoms with E-state index < -0.39 is 0 Å². The van der Waals surface area contributed by atoms with E-state index in [-0.39, 0.29) is 12.1 Å². The van der Waals surface area contributed by atoms with Crippen molar-refractivity contribution in [1.82, 2.24) is 10.3 Å². The fourth-order valence-electron chi connectivity index (χ4n) is 3.19. The number of hydrogen-bond donors (Lipinski definition) is 1. The van der Waals surface area contributed by atoms with Crippen molar-refractivity contribution >= 4 is 46.0 Å². The molecule has 1 aliphatic heterocycles. The number of benzene rings is 1. The molecule has 1 aliphatic rings. The lowest BCUT2D eigenvalue weighted by molar-refractivity contribution is 0.415. The Morgan fingerprint density at radius 2 is 2.12 bits per heavy atom. The normalized spacial score (nSPS) is 19.5. The molecular formula is C19H16ClN3OS2. The fraction of sp³-hybridized carbons (Fsp3) is 0.158.